The summed E-state index contributed by atoms with van der Waals surface area (Å²) >= 11 is 5.18. The van der Waals surface area contributed by atoms with Gasteiger partial charge in [0.2, 0.25) is 0 Å². The van der Waals surface area contributed by atoms with Gasteiger partial charge in [0.15, 0.2) is 0 Å². The number of carbonyl (C=O) groups is 1. The molecule has 0 radical (unpaired) electrons. The number of carbonyl (C=O) groups excluding carboxylic acids is 1. The molecule has 1 aromatic rings. The highest BCUT2D eigenvalue weighted by Crippen LogP contribution is 2.32. The molecule has 0 spiro atoms. The SMILES string of the molecule is Cc1cc(C(=O)NC2(C(N)=S)CCC(C)CC2)ccc1F. The van der Waals surface area contributed by atoms with Crippen LogP contribution in [0.4, 0.5) is 4.39 Å². The quantitative estimate of drug-likeness (QED) is 0.844. The second kappa shape index (κ2) is 6.10. The summed E-state index contributed by atoms with van der Waals surface area (Å²) in [5, 5.41) is 2.99. The van der Waals surface area contributed by atoms with Crippen molar-refractivity contribution in [2.75, 3.05) is 0 Å². The number of amides is 1. The lowest BCUT2D eigenvalue weighted by molar-refractivity contribution is 0.0900. The maximum atomic E-state index is 13.3. The van der Waals surface area contributed by atoms with E-state index in [1.165, 1.54) is 12.1 Å². The van der Waals surface area contributed by atoms with Crippen LogP contribution in [0, 0.1) is 18.7 Å². The standard InChI is InChI=1S/C16H21FN2OS/c1-10-5-7-16(8-6-10,15(18)21)19-14(20)12-3-4-13(17)11(2)9-12/h3-4,9-10H,5-8H2,1-2H3,(H2,18,21)(H,19,20). The number of nitrogens with one attached hydrogen (secondary N) is 1. The number of halogens is 1. The van der Waals surface area contributed by atoms with Gasteiger partial charge in [0.05, 0.1) is 10.5 Å². The number of benzene rings is 1. The van der Waals surface area contributed by atoms with E-state index < -0.39 is 5.54 Å². The zero-order chi connectivity index (χ0) is 15.6. The van der Waals surface area contributed by atoms with Crippen molar-refractivity contribution in [1.82, 2.24) is 5.32 Å². The Morgan fingerprint density at radius 3 is 2.57 bits per heavy atom. The predicted molar refractivity (Wildman–Crippen MR) is 85.8 cm³/mol. The second-order valence-corrected chi connectivity index (χ2v) is 6.49. The molecule has 1 aromatic carbocycles. The molecular formula is C16H21FN2OS. The number of hydrogen-bond acceptors (Lipinski definition) is 2. The molecule has 3 nitrogen and oxygen atoms in total. The third-order valence-corrected chi connectivity index (χ3v) is 4.76. The minimum atomic E-state index is -0.610. The lowest BCUT2D eigenvalue weighted by Gasteiger charge is -2.39. The van der Waals surface area contributed by atoms with Gasteiger partial charge in [0.25, 0.3) is 5.91 Å². The summed E-state index contributed by atoms with van der Waals surface area (Å²) in [5.41, 5.74) is 6.16. The Hall–Kier alpha value is -1.49. The average Bonchev–Trinajstić information content (AvgIpc) is 2.44. The van der Waals surface area contributed by atoms with Crippen LogP contribution in [0.2, 0.25) is 0 Å². The number of rotatable bonds is 3. The van der Waals surface area contributed by atoms with Gasteiger partial charge in [-0.1, -0.05) is 19.1 Å². The van der Waals surface area contributed by atoms with Gasteiger partial charge < -0.3 is 11.1 Å². The summed E-state index contributed by atoms with van der Waals surface area (Å²) in [6.07, 6.45) is 3.49. The van der Waals surface area contributed by atoms with Crippen LogP contribution in [-0.2, 0) is 0 Å². The fraction of sp³-hybridized carbons (Fsp3) is 0.500. The van der Waals surface area contributed by atoms with Crippen LogP contribution >= 0.6 is 12.2 Å². The van der Waals surface area contributed by atoms with Crippen LogP contribution in [0.5, 0.6) is 0 Å². The van der Waals surface area contributed by atoms with Crippen LogP contribution < -0.4 is 11.1 Å². The molecule has 5 heteroatoms. The molecule has 0 saturated heterocycles. The first-order chi connectivity index (χ1) is 9.84. The molecule has 21 heavy (non-hydrogen) atoms. The summed E-state index contributed by atoms with van der Waals surface area (Å²) < 4.78 is 13.3. The van der Waals surface area contributed by atoms with Crippen molar-refractivity contribution >= 4 is 23.1 Å². The van der Waals surface area contributed by atoms with Gasteiger partial charge in [-0.05, 0) is 62.3 Å². The third kappa shape index (κ3) is 3.40. The highest BCUT2D eigenvalue weighted by atomic mass is 32.1. The highest BCUT2D eigenvalue weighted by molar-refractivity contribution is 7.80. The molecular weight excluding hydrogens is 287 g/mol. The molecule has 0 unspecified atom stereocenters. The smallest absolute Gasteiger partial charge is 0.252 e. The minimum absolute atomic E-state index is 0.250. The van der Waals surface area contributed by atoms with E-state index in [1.807, 2.05) is 0 Å². The summed E-state index contributed by atoms with van der Waals surface area (Å²) in [4.78, 5) is 12.8. The van der Waals surface area contributed by atoms with E-state index in [0.29, 0.717) is 22.0 Å². The Balaban J connectivity index is 2.19. The van der Waals surface area contributed by atoms with Crippen molar-refractivity contribution in [2.45, 2.75) is 45.1 Å². The van der Waals surface area contributed by atoms with E-state index in [2.05, 4.69) is 12.2 Å². The monoisotopic (exact) mass is 308 g/mol. The molecule has 0 heterocycles. The van der Waals surface area contributed by atoms with Crippen LogP contribution in [0.15, 0.2) is 18.2 Å². The Morgan fingerprint density at radius 2 is 2.05 bits per heavy atom. The first kappa shape index (κ1) is 15.9. The highest BCUT2D eigenvalue weighted by Gasteiger charge is 2.38. The topological polar surface area (TPSA) is 55.1 Å². The van der Waals surface area contributed by atoms with Crippen molar-refractivity contribution in [3.05, 3.63) is 35.1 Å². The molecule has 114 valence electrons. The maximum absolute atomic E-state index is 13.3. The number of nitrogens with two attached hydrogens (primary N) is 1. The van der Waals surface area contributed by atoms with Crippen LogP contribution in [-0.4, -0.2) is 16.4 Å². The van der Waals surface area contributed by atoms with Crippen LogP contribution in [0.25, 0.3) is 0 Å². The number of aryl methyl sites for hydroxylation is 1. The van der Waals surface area contributed by atoms with Crippen molar-refractivity contribution in [2.24, 2.45) is 11.7 Å². The van der Waals surface area contributed by atoms with Crippen molar-refractivity contribution in [1.29, 1.82) is 0 Å². The molecule has 1 fully saturated rings. The van der Waals surface area contributed by atoms with Crippen molar-refractivity contribution in [3.63, 3.8) is 0 Å². The number of hydrogen-bond donors (Lipinski definition) is 2. The Kier molecular flexibility index (Phi) is 4.61. The summed E-state index contributed by atoms with van der Waals surface area (Å²) in [6.45, 7) is 3.83. The van der Waals surface area contributed by atoms with Gasteiger partial charge in [-0.2, -0.15) is 0 Å². The van der Waals surface area contributed by atoms with E-state index in [-0.39, 0.29) is 11.7 Å². The second-order valence-electron chi connectivity index (χ2n) is 6.05. The van der Waals surface area contributed by atoms with Crippen LogP contribution in [0.1, 0.15) is 48.5 Å². The molecule has 0 aromatic heterocycles. The largest absolute Gasteiger partial charge is 0.391 e. The molecule has 3 N–H and O–H groups in total. The fourth-order valence-electron chi connectivity index (χ4n) is 2.76. The lowest BCUT2D eigenvalue weighted by atomic mass is 9.77. The van der Waals surface area contributed by atoms with E-state index in [4.69, 9.17) is 18.0 Å². The fourth-order valence-corrected chi connectivity index (χ4v) is 3.02. The first-order valence-corrected chi connectivity index (χ1v) is 7.63. The maximum Gasteiger partial charge on any atom is 0.252 e. The molecule has 2 rings (SSSR count). The third-order valence-electron chi connectivity index (χ3n) is 4.37. The molecule has 0 bridgehead atoms. The van der Waals surface area contributed by atoms with Crippen LogP contribution in [0.3, 0.4) is 0 Å². The van der Waals surface area contributed by atoms with E-state index in [0.717, 1.165) is 25.7 Å². The van der Waals surface area contributed by atoms with Gasteiger partial charge in [0.1, 0.15) is 5.82 Å². The Bertz CT molecular complexity index is 565. The van der Waals surface area contributed by atoms with Gasteiger partial charge in [-0.3, -0.25) is 4.79 Å². The normalized spacial score (nSPS) is 25.4. The number of thiocarbonyl (C=S) groups is 1. The first-order valence-electron chi connectivity index (χ1n) is 7.22. The van der Waals surface area contributed by atoms with Crippen molar-refractivity contribution < 1.29 is 9.18 Å². The average molecular weight is 308 g/mol. The molecule has 1 saturated carbocycles. The summed E-state index contributed by atoms with van der Waals surface area (Å²) in [7, 11) is 0. The lowest BCUT2D eigenvalue weighted by Crippen LogP contribution is -2.58. The van der Waals surface area contributed by atoms with Gasteiger partial charge in [0, 0.05) is 5.56 Å². The predicted octanol–water partition coefficient (Wildman–Crippen LogP) is 3.10. The van der Waals surface area contributed by atoms with Crippen molar-refractivity contribution in [3.8, 4) is 0 Å². The molecule has 1 amide bonds. The minimum Gasteiger partial charge on any atom is -0.391 e. The van der Waals surface area contributed by atoms with Gasteiger partial charge in [-0.25, -0.2) is 4.39 Å². The Morgan fingerprint density at radius 1 is 1.43 bits per heavy atom. The zero-order valence-electron chi connectivity index (χ0n) is 12.4. The van der Waals surface area contributed by atoms with E-state index >= 15 is 0 Å². The van der Waals surface area contributed by atoms with Gasteiger partial charge >= 0.3 is 0 Å². The Labute approximate surface area is 130 Å². The molecule has 0 aliphatic heterocycles. The molecule has 0 atom stereocenters. The zero-order valence-corrected chi connectivity index (χ0v) is 13.2. The summed E-state index contributed by atoms with van der Waals surface area (Å²) in [6, 6.07) is 4.33. The van der Waals surface area contributed by atoms with E-state index in [9.17, 15) is 9.18 Å². The van der Waals surface area contributed by atoms with E-state index in [1.54, 1.807) is 13.0 Å². The van der Waals surface area contributed by atoms with Gasteiger partial charge in [-0.15, -0.1) is 0 Å². The molecule has 1 aliphatic carbocycles. The summed E-state index contributed by atoms with van der Waals surface area (Å²) in [5.74, 6) is 0.0556. The molecule has 1 aliphatic rings.